The maximum absolute atomic E-state index is 11.7. The number of anilines is 2. The largest absolute Gasteiger partial charge is 0.465 e. The molecule has 1 saturated heterocycles. The van der Waals surface area contributed by atoms with E-state index < -0.39 is 5.97 Å². The van der Waals surface area contributed by atoms with Gasteiger partial charge in [-0.15, -0.1) is 0 Å². The topological polar surface area (TPSA) is 58.8 Å². The van der Waals surface area contributed by atoms with Gasteiger partial charge in [-0.2, -0.15) is 0 Å². The van der Waals surface area contributed by atoms with E-state index in [1.807, 2.05) is 19.2 Å². The van der Waals surface area contributed by atoms with Crippen molar-refractivity contribution in [3.05, 3.63) is 23.8 Å². The Kier molecular flexibility index (Phi) is 4.49. The van der Waals surface area contributed by atoms with Gasteiger partial charge < -0.3 is 20.3 Å². The molecule has 5 nitrogen and oxygen atoms in total. The van der Waals surface area contributed by atoms with E-state index in [0.717, 1.165) is 25.3 Å². The third-order valence-corrected chi connectivity index (χ3v) is 3.92. The zero-order valence-corrected chi connectivity index (χ0v) is 12.4. The summed E-state index contributed by atoms with van der Waals surface area (Å²) in [5.74, 6) is 0.254. The van der Waals surface area contributed by atoms with Crippen LogP contribution in [0.2, 0.25) is 0 Å². The van der Waals surface area contributed by atoms with Gasteiger partial charge in [0.15, 0.2) is 0 Å². The number of nitrogens with zero attached hydrogens (tertiary/aromatic N) is 2. The first-order chi connectivity index (χ1) is 9.52. The molecule has 1 unspecified atom stereocenters. The fourth-order valence-corrected chi connectivity index (χ4v) is 2.83. The minimum absolute atomic E-state index is 0.390. The van der Waals surface area contributed by atoms with Crippen molar-refractivity contribution in [2.24, 2.45) is 5.92 Å². The Morgan fingerprint density at radius 1 is 1.55 bits per heavy atom. The van der Waals surface area contributed by atoms with Gasteiger partial charge in [-0.25, -0.2) is 4.79 Å². The predicted molar refractivity (Wildman–Crippen MR) is 81.1 cm³/mol. The van der Waals surface area contributed by atoms with Crippen LogP contribution in [0.5, 0.6) is 0 Å². The standard InChI is InChI=1S/C15H23N3O2/c1-17-8-7-11(9-17)10-18(2)13-6-4-5-12(14(13)16)15(19)20-3/h4-6,11H,7-10,16H2,1-3H3. The first kappa shape index (κ1) is 14.7. The molecule has 0 bridgehead atoms. The Bertz CT molecular complexity index is 490. The average molecular weight is 277 g/mol. The van der Waals surface area contributed by atoms with Gasteiger partial charge in [0.2, 0.25) is 0 Å². The van der Waals surface area contributed by atoms with E-state index in [-0.39, 0.29) is 0 Å². The highest BCUT2D eigenvalue weighted by molar-refractivity contribution is 5.98. The summed E-state index contributed by atoms with van der Waals surface area (Å²) in [6.07, 6.45) is 1.21. The molecule has 0 spiro atoms. The van der Waals surface area contributed by atoms with E-state index in [9.17, 15) is 4.79 Å². The Hall–Kier alpha value is -1.75. The SMILES string of the molecule is COC(=O)c1cccc(N(C)CC2CCN(C)C2)c1N. The van der Waals surface area contributed by atoms with Gasteiger partial charge in [0.25, 0.3) is 0 Å². The van der Waals surface area contributed by atoms with E-state index in [2.05, 4.69) is 16.8 Å². The zero-order chi connectivity index (χ0) is 14.7. The highest BCUT2D eigenvalue weighted by atomic mass is 16.5. The van der Waals surface area contributed by atoms with Crippen molar-refractivity contribution in [2.75, 3.05) is 51.5 Å². The lowest BCUT2D eigenvalue weighted by Gasteiger charge is -2.25. The zero-order valence-electron chi connectivity index (χ0n) is 12.4. The van der Waals surface area contributed by atoms with Crippen molar-refractivity contribution >= 4 is 17.3 Å². The molecule has 0 amide bonds. The maximum atomic E-state index is 11.7. The maximum Gasteiger partial charge on any atom is 0.340 e. The number of para-hydroxylation sites is 1. The quantitative estimate of drug-likeness (QED) is 0.666. The molecule has 1 atom stereocenters. The number of esters is 1. The van der Waals surface area contributed by atoms with E-state index >= 15 is 0 Å². The summed E-state index contributed by atoms with van der Waals surface area (Å²) in [4.78, 5) is 16.1. The average Bonchev–Trinajstić information content (AvgIpc) is 2.83. The third kappa shape index (κ3) is 3.04. The second-order valence-electron chi connectivity index (χ2n) is 5.53. The number of nitrogen functional groups attached to an aromatic ring is 1. The third-order valence-electron chi connectivity index (χ3n) is 3.92. The molecule has 0 saturated carbocycles. The molecule has 1 aliphatic heterocycles. The number of rotatable bonds is 4. The summed E-state index contributed by atoms with van der Waals surface area (Å²) in [6, 6.07) is 5.48. The molecule has 1 aromatic rings. The second kappa shape index (κ2) is 6.13. The van der Waals surface area contributed by atoms with Crippen molar-refractivity contribution in [3.63, 3.8) is 0 Å². The van der Waals surface area contributed by atoms with Crippen molar-refractivity contribution in [2.45, 2.75) is 6.42 Å². The molecule has 1 aromatic carbocycles. The Balaban J connectivity index is 2.13. The Morgan fingerprint density at radius 2 is 2.30 bits per heavy atom. The number of hydrogen-bond acceptors (Lipinski definition) is 5. The molecular weight excluding hydrogens is 254 g/mol. The molecule has 5 heteroatoms. The number of carbonyl (C=O) groups is 1. The molecule has 0 aromatic heterocycles. The lowest BCUT2D eigenvalue weighted by atomic mass is 10.1. The Labute approximate surface area is 120 Å². The number of hydrogen-bond donors (Lipinski definition) is 1. The molecule has 1 fully saturated rings. The summed E-state index contributed by atoms with van der Waals surface area (Å²) in [7, 11) is 5.53. The smallest absolute Gasteiger partial charge is 0.340 e. The molecule has 110 valence electrons. The molecule has 0 radical (unpaired) electrons. The van der Waals surface area contributed by atoms with Crippen molar-refractivity contribution in [1.29, 1.82) is 0 Å². The summed E-state index contributed by atoms with van der Waals surface area (Å²) in [5, 5.41) is 0. The van der Waals surface area contributed by atoms with Crippen LogP contribution in [0, 0.1) is 5.92 Å². The fourth-order valence-electron chi connectivity index (χ4n) is 2.83. The van der Waals surface area contributed by atoms with Crippen molar-refractivity contribution in [1.82, 2.24) is 4.90 Å². The van der Waals surface area contributed by atoms with E-state index in [4.69, 9.17) is 10.5 Å². The molecule has 1 heterocycles. The van der Waals surface area contributed by atoms with Crippen LogP contribution in [0.1, 0.15) is 16.8 Å². The first-order valence-electron chi connectivity index (χ1n) is 6.89. The number of likely N-dealkylation sites (tertiary alicyclic amines) is 1. The highest BCUT2D eigenvalue weighted by Gasteiger charge is 2.22. The van der Waals surface area contributed by atoms with Crippen LogP contribution in [0.4, 0.5) is 11.4 Å². The monoisotopic (exact) mass is 277 g/mol. The first-order valence-corrected chi connectivity index (χ1v) is 6.89. The van der Waals surface area contributed by atoms with Crippen LogP contribution in [0.15, 0.2) is 18.2 Å². The van der Waals surface area contributed by atoms with Gasteiger partial charge in [0.05, 0.1) is 24.0 Å². The van der Waals surface area contributed by atoms with Crippen LogP contribution in [0.3, 0.4) is 0 Å². The van der Waals surface area contributed by atoms with Gasteiger partial charge in [0.1, 0.15) is 0 Å². The molecule has 0 aliphatic carbocycles. The minimum Gasteiger partial charge on any atom is -0.465 e. The number of methoxy groups -OCH3 is 1. The summed E-state index contributed by atoms with van der Waals surface area (Å²) >= 11 is 0. The summed E-state index contributed by atoms with van der Waals surface area (Å²) in [5.41, 5.74) is 7.93. The van der Waals surface area contributed by atoms with Crippen molar-refractivity contribution < 1.29 is 9.53 Å². The normalized spacial score (nSPS) is 19.1. The van der Waals surface area contributed by atoms with Gasteiger partial charge in [-0.3, -0.25) is 0 Å². The Morgan fingerprint density at radius 3 is 2.90 bits per heavy atom. The van der Waals surface area contributed by atoms with Gasteiger partial charge in [0, 0.05) is 20.1 Å². The fraction of sp³-hybridized carbons (Fsp3) is 0.533. The van der Waals surface area contributed by atoms with Crippen LogP contribution >= 0.6 is 0 Å². The van der Waals surface area contributed by atoms with Gasteiger partial charge in [-0.05, 0) is 38.1 Å². The van der Waals surface area contributed by atoms with Gasteiger partial charge in [-0.1, -0.05) is 6.07 Å². The molecule has 20 heavy (non-hydrogen) atoms. The van der Waals surface area contributed by atoms with Gasteiger partial charge >= 0.3 is 5.97 Å². The molecule has 2 rings (SSSR count). The summed E-state index contributed by atoms with van der Waals surface area (Å²) in [6.45, 7) is 3.20. The van der Waals surface area contributed by atoms with Crippen LogP contribution < -0.4 is 10.6 Å². The number of nitrogens with two attached hydrogens (primary N) is 1. The van der Waals surface area contributed by atoms with E-state index in [1.54, 1.807) is 6.07 Å². The molecule has 2 N–H and O–H groups in total. The molecule has 1 aliphatic rings. The molecular formula is C15H23N3O2. The van der Waals surface area contributed by atoms with Crippen LogP contribution in [-0.4, -0.2) is 51.7 Å². The lowest BCUT2D eigenvalue weighted by molar-refractivity contribution is 0.0602. The van der Waals surface area contributed by atoms with E-state index in [0.29, 0.717) is 17.2 Å². The minimum atomic E-state index is -0.390. The lowest BCUT2D eigenvalue weighted by Crippen LogP contribution is -2.28. The summed E-state index contributed by atoms with van der Waals surface area (Å²) < 4.78 is 4.76. The predicted octanol–water partition coefficient (Wildman–Crippen LogP) is 1.44. The number of carbonyl (C=O) groups excluding carboxylic acids is 1. The number of benzene rings is 1. The van der Waals surface area contributed by atoms with Crippen LogP contribution in [-0.2, 0) is 4.74 Å². The van der Waals surface area contributed by atoms with E-state index in [1.165, 1.54) is 13.5 Å². The highest BCUT2D eigenvalue weighted by Crippen LogP contribution is 2.28. The second-order valence-corrected chi connectivity index (χ2v) is 5.53. The van der Waals surface area contributed by atoms with Crippen LogP contribution in [0.25, 0.3) is 0 Å². The van der Waals surface area contributed by atoms with Crippen molar-refractivity contribution in [3.8, 4) is 0 Å². The number of ether oxygens (including phenoxy) is 1.